The Morgan fingerprint density at radius 2 is 2.21 bits per heavy atom. The van der Waals surface area contributed by atoms with Gasteiger partial charge in [-0.3, -0.25) is 4.90 Å². The zero-order valence-electron chi connectivity index (χ0n) is 10.5. The maximum absolute atomic E-state index is 11.8. The van der Waals surface area contributed by atoms with Crippen LogP contribution in [0.25, 0.3) is 6.08 Å². The van der Waals surface area contributed by atoms with E-state index in [0.717, 1.165) is 23.2 Å². The van der Waals surface area contributed by atoms with Gasteiger partial charge in [0.2, 0.25) is 0 Å². The minimum atomic E-state index is -0.475. The van der Waals surface area contributed by atoms with Crippen LogP contribution in [0, 0.1) is 5.92 Å². The maximum Gasteiger partial charge on any atom is 0.319 e. The number of para-hydroxylation sites is 1. The molecule has 1 aliphatic heterocycles. The van der Waals surface area contributed by atoms with E-state index < -0.39 is 6.03 Å². The molecule has 2 aliphatic rings. The van der Waals surface area contributed by atoms with Gasteiger partial charge in [-0.1, -0.05) is 30.4 Å². The average Bonchev–Trinajstić information content (AvgIpc) is 2.43. The van der Waals surface area contributed by atoms with Crippen molar-refractivity contribution in [3.63, 3.8) is 0 Å². The molecule has 4 heteroatoms. The van der Waals surface area contributed by atoms with Crippen molar-refractivity contribution in [2.75, 3.05) is 11.5 Å². The first-order valence-corrected chi connectivity index (χ1v) is 6.39. The van der Waals surface area contributed by atoms with E-state index in [-0.39, 0.29) is 18.6 Å². The summed E-state index contributed by atoms with van der Waals surface area (Å²) in [5.41, 5.74) is 8.39. The van der Waals surface area contributed by atoms with Crippen LogP contribution in [-0.4, -0.2) is 23.8 Å². The van der Waals surface area contributed by atoms with Gasteiger partial charge in [0.1, 0.15) is 0 Å². The molecule has 2 atom stereocenters. The summed E-state index contributed by atoms with van der Waals surface area (Å²) in [4.78, 5) is 13.5. The molecule has 2 unspecified atom stereocenters. The van der Waals surface area contributed by atoms with Crippen molar-refractivity contribution in [3.8, 4) is 0 Å². The number of nitrogens with zero attached hydrogens (tertiary/aromatic N) is 1. The summed E-state index contributed by atoms with van der Waals surface area (Å²) in [7, 11) is 0. The third-order valence-electron chi connectivity index (χ3n) is 3.81. The number of primary amides is 1. The summed E-state index contributed by atoms with van der Waals surface area (Å²) in [6, 6.07) is 7.04. The lowest BCUT2D eigenvalue weighted by molar-refractivity contribution is 0.206. The van der Waals surface area contributed by atoms with Gasteiger partial charge in [0.25, 0.3) is 0 Å². The Hall–Kier alpha value is -2.07. The van der Waals surface area contributed by atoms with E-state index in [4.69, 9.17) is 5.73 Å². The van der Waals surface area contributed by atoms with E-state index in [1.807, 2.05) is 36.4 Å². The maximum atomic E-state index is 11.8. The standard InChI is InChI=1S/C15H16N2O2/c16-15(19)17-13-7-2-1-4-10(13)8-11-5-3-6-12(9-18)14(11)17/h1-5,7-8,12,14,18H,6,9H2,(H2,16,19). The van der Waals surface area contributed by atoms with Crippen LogP contribution in [0.5, 0.6) is 0 Å². The van der Waals surface area contributed by atoms with Gasteiger partial charge in [0.05, 0.1) is 11.7 Å². The summed E-state index contributed by atoms with van der Waals surface area (Å²) in [5.74, 6) is -0.00268. The Morgan fingerprint density at radius 1 is 1.42 bits per heavy atom. The number of nitrogens with two attached hydrogens (primary N) is 1. The molecule has 1 heterocycles. The average molecular weight is 256 g/mol. The quantitative estimate of drug-likeness (QED) is 0.806. The number of carbonyl (C=O) groups is 1. The second kappa shape index (κ2) is 4.55. The van der Waals surface area contributed by atoms with Crippen LogP contribution in [0.4, 0.5) is 10.5 Å². The smallest absolute Gasteiger partial charge is 0.319 e. The predicted octanol–water partition coefficient (Wildman–Crippen LogP) is 1.91. The fourth-order valence-electron chi connectivity index (χ4n) is 2.96. The molecular formula is C15H16N2O2. The highest BCUT2D eigenvalue weighted by molar-refractivity contribution is 5.97. The molecule has 3 rings (SSSR count). The van der Waals surface area contributed by atoms with Crippen LogP contribution < -0.4 is 10.6 Å². The molecule has 0 spiro atoms. The van der Waals surface area contributed by atoms with Crippen molar-refractivity contribution < 1.29 is 9.90 Å². The van der Waals surface area contributed by atoms with Crippen molar-refractivity contribution in [2.24, 2.45) is 11.7 Å². The summed E-state index contributed by atoms with van der Waals surface area (Å²) < 4.78 is 0. The van der Waals surface area contributed by atoms with E-state index in [0.29, 0.717) is 0 Å². The topological polar surface area (TPSA) is 66.6 Å². The number of benzene rings is 1. The molecule has 19 heavy (non-hydrogen) atoms. The number of hydrogen-bond donors (Lipinski definition) is 2. The number of anilines is 1. The molecule has 1 aromatic rings. The largest absolute Gasteiger partial charge is 0.396 e. The van der Waals surface area contributed by atoms with Gasteiger partial charge in [-0.15, -0.1) is 0 Å². The van der Waals surface area contributed by atoms with Crippen LogP contribution in [0.2, 0.25) is 0 Å². The van der Waals surface area contributed by atoms with Gasteiger partial charge in [-0.25, -0.2) is 4.79 Å². The second-order valence-electron chi connectivity index (χ2n) is 4.94. The first-order valence-electron chi connectivity index (χ1n) is 6.39. The molecule has 0 aromatic heterocycles. The molecule has 4 nitrogen and oxygen atoms in total. The van der Waals surface area contributed by atoms with Crippen molar-refractivity contribution in [1.29, 1.82) is 0 Å². The van der Waals surface area contributed by atoms with Crippen LogP contribution in [0.15, 0.2) is 42.0 Å². The molecule has 2 amide bonds. The van der Waals surface area contributed by atoms with E-state index in [9.17, 15) is 9.90 Å². The Bertz CT molecular complexity index is 577. The summed E-state index contributed by atoms with van der Waals surface area (Å²) in [5, 5.41) is 9.54. The summed E-state index contributed by atoms with van der Waals surface area (Å²) in [6.45, 7) is 0.0400. The Labute approximate surface area is 111 Å². The molecule has 0 bridgehead atoms. The third-order valence-corrected chi connectivity index (χ3v) is 3.81. The minimum absolute atomic E-state index is 0.00268. The molecule has 98 valence electrons. The van der Waals surface area contributed by atoms with Crippen molar-refractivity contribution in [3.05, 3.63) is 47.6 Å². The molecule has 0 saturated carbocycles. The Kier molecular flexibility index (Phi) is 2.87. The van der Waals surface area contributed by atoms with Gasteiger partial charge in [0.15, 0.2) is 0 Å². The van der Waals surface area contributed by atoms with E-state index in [1.165, 1.54) is 0 Å². The van der Waals surface area contributed by atoms with Crippen LogP contribution in [0.3, 0.4) is 0 Å². The van der Waals surface area contributed by atoms with Crippen molar-refractivity contribution >= 4 is 17.8 Å². The van der Waals surface area contributed by atoms with E-state index >= 15 is 0 Å². The number of fused-ring (bicyclic) bond motifs is 2. The normalized spacial score (nSPS) is 24.5. The minimum Gasteiger partial charge on any atom is -0.396 e. The molecule has 1 aliphatic carbocycles. The highest BCUT2D eigenvalue weighted by Crippen LogP contribution is 2.38. The molecule has 1 aromatic carbocycles. The number of carbonyl (C=O) groups excluding carboxylic acids is 1. The van der Waals surface area contributed by atoms with Gasteiger partial charge in [-0.2, -0.15) is 0 Å². The molecule has 0 fully saturated rings. The lowest BCUT2D eigenvalue weighted by Crippen LogP contribution is -2.51. The number of urea groups is 1. The first-order chi connectivity index (χ1) is 9.22. The molecule has 0 saturated heterocycles. The summed E-state index contributed by atoms with van der Waals surface area (Å²) >= 11 is 0. The fourth-order valence-corrected chi connectivity index (χ4v) is 2.96. The van der Waals surface area contributed by atoms with Crippen LogP contribution >= 0.6 is 0 Å². The van der Waals surface area contributed by atoms with Gasteiger partial charge < -0.3 is 10.8 Å². The zero-order valence-corrected chi connectivity index (χ0v) is 10.5. The number of allylic oxidation sites excluding steroid dienone is 1. The molecular weight excluding hydrogens is 240 g/mol. The van der Waals surface area contributed by atoms with E-state index in [1.54, 1.807) is 4.90 Å². The van der Waals surface area contributed by atoms with Gasteiger partial charge >= 0.3 is 6.03 Å². The van der Waals surface area contributed by atoms with Crippen molar-refractivity contribution in [1.82, 2.24) is 0 Å². The Balaban J connectivity index is 2.17. The number of amides is 2. The lowest BCUT2D eigenvalue weighted by Gasteiger charge is -2.41. The lowest BCUT2D eigenvalue weighted by atomic mass is 9.81. The number of rotatable bonds is 1. The van der Waals surface area contributed by atoms with Gasteiger partial charge in [0, 0.05) is 12.5 Å². The number of aliphatic hydroxyl groups excluding tert-OH is 1. The molecule has 0 radical (unpaired) electrons. The highest BCUT2D eigenvalue weighted by atomic mass is 16.3. The fraction of sp³-hybridized carbons (Fsp3) is 0.267. The van der Waals surface area contributed by atoms with Crippen molar-refractivity contribution in [2.45, 2.75) is 12.5 Å². The van der Waals surface area contributed by atoms with Gasteiger partial charge in [-0.05, 0) is 29.7 Å². The molecule has 3 N–H and O–H groups in total. The first kappa shape index (κ1) is 12.0. The second-order valence-corrected chi connectivity index (χ2v) is 4.94. The SMILES string of the molecule is NC(=O)N1c2ccccc2C=C2C=CCC(CO)C21. The predicted molar refractivity (Wildman–Crippen MR) is 74.6 cm³/mol. The highest BCUT2D eigenvalue weighted by Gasteiger charge is 2.37. The zero-order chi connectivity index (χ0) is 13.4. The van der Waals surface area contributed by atoms with E-state index in [2.05, 4.69) is 6.08 Å². The van der Waals surface area contributed by atoms with Crippen LogP contribution in [-0.2, 0) is 0 Å². The summed E-state index contributed by atoms with van der Waals surface area (Å²) in [6.07, 6.45) is 6.88. The number of aliphatic hydroxyl groups is 1. The third kappa shape index (κ3) is 1.85. The monoisotopic (exact) mass is 256 g/mol. The van der Waals surface area contributed by atoms with Crippen LogP contribution in [0.1, 0.15) is 12.0 Å². The number of hydrogen-bond acceptors (Lipinski definition) is 2. The Morgan fingerprint density at radius 3 is 2.95 bits per heavy atom.